The predicted octanol–water partition coefficient (Wildman–Crippen LogP) is 4.78. The van der Waals surface area contributed by atoms with Crippen LogP contribution in [0.5, 0.6) is 0 Å². The van der Waals surface area contributed by atoms with E-state index < -0.39 is 17.8 Å². The van der Waals surface area contributed by atoms with Gasteiger partial charge in [0, 0.05) is 17.7 Å². The standard InChI is InChI=1S/C24H21ClN2O5/c1-4-10-31-24(30)18-11-15(6-8-20(18)25)21-9-7-16(32-21)12-17-14(3)19(13-26)23(29)27(5-2)22(17)28/h6-9,11-12H,4-5,10H2,1-3H3/b17-12+. The molecular formula is C24H21ClN2O5. The molecule has 164 valence electrons. The number of carbonyl (C=O) groups is 3. The number of hydrogen-bond donors (Lipinski definition) is 0. The fraction of sp³-hybridized carbons (Fsp3) is 0.250. The highest BCUT2D eigenvalue weighted by atomic mass is 35.5. The molecule has 0 bridgehead atoms. The van der Waals surface area contributed by atoms with Crippen molar-refractivity contribution in [1.82, 2.24) is 4.90 Å². The summed E-state index contributed by atoms with van der Waals surface area (Å²) in [5.41, 5.74) is 1.28. The van der Waals surface area contributed by atoms with E-state index in [2.05, 4.69) is 0 Å². The Morgan fingerprint density at radius 2 is 1.97 bits per heavy atom. The Kier molecular flexibility index (Phi) is 6.96. The number of imide groups is 1. The molecule has 0 fully saturated rings. The van der Waals surface area contributed by atoms with Crippen LogP contribution in [-0.2, 0) is 14.3 Å². The van der Waals surface area contributed by atoms with Crippen LogP contribution >= 0.6 is 11.6 Å². The molecule has 0 spiro atoms. The molecule has 32 heavy (non-hydrogen) atoms. The average molecular weight is 453 g/mol. The Morgan fingerprint density at radius 3 is 2.62 bits per heavy atom. The molecule has 3 rings (SSSR count). The maximum atomic E-state index is 12.7. The van der Waals surface area contributed by atoms with Gasteiger partial charge in [-0.15, -0.1) is 0 Å². The smallest absolute Gasteiger partial charge is 0.339 e. The lowest BCUT2D eigenvalue weighted by molar-refractivity contribution is -0.140. The average Bonchev–Trinajstić information content (AvgIpc) is 3.24. The van der Waals surface area contributed by atoms with Crippen LogP contribution in [-0.4, -0.2) is 35.8 Å². The lowest BCUT2D eigenvalue weighted by Crippen LogP contribution is -2.42. The summed E-state index contributed by atoms with van der Waals surface area (Å²) in [6.07, 6.45) is 2.19. The van der Waals surface area contributed by atoms with E-state index in [-0.39, 0.29) is 28.3 Å². The van der Waals surface area contributed by atoms with Gasteiger partial charge in [0.05, 0.1) is 17.2 Å². The van der Waals surface area contributed by atoms with Crippen molar-refractivity contribution in [2.24, 2.45) is 0 Å². The van der Waals surface area contributed by atoms with Crippen LogP contribution in [0.4, 0.5) is 0 Å². The van der Waals surface area contributed by atoms with Gasteiger partial charge in [0.1, 0.15) is 23.2 Å². The third kappa shape index (κ3) is 4.36. The Morgan fingerprint density at radius 1 is 1.22 bits per heavy atom. The number of halogens is 1. The van der Waals surface area contributed by atoms with Crippen molar-refractivity contribution in [3.63, 3.8) is 0 Å². The third-order valence-corrected chi connectivity index (χ3v) is 5.29. The van der Waals surface area contributed by atoms with Crippen molar-refractivity contribution in [2.45, 2.75) is 27.2 Å². The molecule has 0 unspecified atom stereocenters. The normalized spacial score (nSPS) is 15.3. The first-order valence-corrected chi connectivity index (χ1v) is 10.5. The number of likely N-dealkylation sites (N-methyl/N-ethyl adjacent to an activating group) is 1. The van der Waals surface area contributed by atoms with E-state index in [1.165, 1.54) is 6.08 Å². The summed E-state index contributed by atoms with van der Waals surface area (Å²) in [5.74, 6) is -0.797. The number of nitriles is 1. The van der Waals surface area contributed by atoms with Gasteiger partial charge in [0.15, 0.2) is 0 Å². The maximum absolute atomic E-state index is 12.7. The topological polar surface area (TPSA) is 101 Å². The number of furan rings is 1. The van der Waals surface area contributed by atoms with E-state index in [1.807, 2.05) is 13.0 Å². The molecule has 2 heterocycles. The van der Waals surface area contributed by atoms with Gasteiger partial charge >= 0.3 is 5.97 Å². The minimum Gasteiger partial charge on any atom is -0.462 e. The second-order valence-corrected chi connectivity index (χ2v) is 7.46. The van der Waals surface area contributed by atoms with Gasteiger partial charge in [-0.2, -0.15) is 5.26 Å². The molecule has 0 saturated carbocycles. The van der Waals surface area contributed by atoms with Crippen LogP contribution in [0.15, 0.2) is 51.5 Å². The largest absolute Gasteiger partial charge is 0.462 e. The molecule has 0 aliphatic carbocycles. The number of ether oxygens (including phenoxy) is 1. The highest BCUT2D eigenvalue weighted by Crippen LogP contribution is 2.30. The predicted molar refractivity (Wildman–Crippen MR) is 118 cm³/mol. The summed E-state index contributed by atoms with van der Waals surface area (Å²) < 4.78 is 11.0. The number of nitrogens with zero attached hydrogens (tertiary/aromatic N) is 2. The summed E-state index contributed by atoms with van der Waals surface area (Å²) in [4.78, 5) is 38.3. The van der Waals surface area contributed by atoms with Crippen molar-refractivity contribution in [1.29, 1.82) is 5.26 Å². The zero-order valence-electron chi connectivity index (χ0n) is 17.9. The van der Waals surface area contributed by atoms with Crippen molar-refractivity contribution >= 4 is 35.5 Å². The molecule has 0 saturated heterocycles. The van der Waals surface area contributed by atoms with Gasteiger partial charge in [-0.1, -0.05) is 18.5 Å². The van der Waals surface area contributed by atoms with Crippen LogP contribution in [0.1, 0.15) is 43.3 Å². The molecule has 0 radical (unpaired) electrons. The Balaban J connectivity index is 1.97. The number of esters is 1. The van der Waals surface area contributed by atoms with E-state index in [1.54, 1.807) is 44.2 Å². The number of hydrogen-bond acceptors (Lipinski definition) is 6. The van der Waals surface area contributed by atoms with E-state index >= 15 is 0 Å². The van der Waals surface area contributed by atoms with Gasteiger partial charge < -0.3 is 9.15 Å². The summed E-state index contributed by atoms with van der Waals surface area (Å²) in [5, 5.41) is 9.62. The van der Waals surface area contributed by atoms with E-state index in [9.17, 15) is 19.6 Å². The molecule has 7 nitrogen and oxygen atoms in total. The molecule has 1 aliphatic heterocycles. The summed E-state index contributed by atoms with van der Waals surface area (Å²) in [7, 11) is 0. The zero-order valence-corrected chi connectivity index (χ0v) is 18.7. The SMILES string of the molecule is CCCOC(=O)c1cc(-c2ccc(/C=C3/C(=O)N(CC)C(=O)C(C#N)=C3C)o2)ccc1Cl. The second-order valence-electron chi connectivity index (χ2n) is 7.06. The van der Waals surface area contributed by atoms with E-state index in [0.717, 1.165) is 4.90 Å². The number of rotatable bonds is 6. The highest BCUT2D eigenvalue weighted by molar-refractivity contribution is 6.33. The Labute approximate surface area is 190 Å². The maximum Gasteiger partial charge on any atom is 0.339 e. The molecule has 2 aromatic rings. The summed E-state index contributed by atoms with van der Waals surface area (Å²) in [6.45, 7) is 5.56. The first kappa shape index (κ1) is 23.0. The van der Waals surface area contributed by atoms with Gasteiger partial charge in [-0.05, 0) is 62.2 Å². The highest BCUT2D eigenvalue weighted by Gasteiger charge is 2.34. The van der Waals surface area contributed by atoms with Gasteiger partial charge in [-0.3, -0.25) is 14.5 Å². The monoisotopic (exact) mass is 452 g/mol. The van der Waals surface area contributed by atoms with E-state index in [0.29, 0.717) is 35.7 Å². The van der Waals surface area contributed by atoms with Crippen LogP contribution in [0.3, 0.4) is 0 Å². The van der Waals surface area contributed by atoms with Crippen molar-refractivity contribution < 1.29 is 23.5 Å². The molecule has 1 aromatic carbocycles. The van der Waals surface area contributed by atoms with Crippen LogP contribution in [0, 0.1) is 11.3 Å². The van der Waals surface area contributed by atoms with Gasteiger partial charge in [-0.25, -0.2) is 4.79 Å². The van der Waals surface area contributed by atoms with Crippen LogP contribution in [0.25, 0.3) is 17.4 Å². The molecular weight excluding hydrogens is 432 g/mol. The van der Waals surface area contributed by atoms with Crippen molar-refractivity contribution in [3.8, 4) is 17.4 Å². The lowest BCUT2D eigenvalue weighted by Gasteiger charge is -2.25. The van der Waals surface area contributed by atoms with Crippen LogP contribution < -0.4 is 0 Å². The summed E-state index contributed by atoms with van der Waals surface area (Å²) in [6, 6.07) is 10.1. The fourth-order valence-electron chi connectivity index (χ4n) is 3.25. The molecule has 0 atom stereocenters. The van der Waals surface area contributed by atoms with Crippen LogP contribution in [0.2, 0.25) is 5.02 Å². The van der Waals surface area contributed by atoms with Crippen molar-refractivity contribution in [2.75, 3.05) is 13.2 Å². The Bertz CT molecular complexity index is 1200. The van der Waals surface area contributed by atoms with E-state index in [4.69, 9.17) is 20.8 Å². The first-order valence-electron chi connectivity index (χ1n) is 10.1. The number of carbonyl (C=O) groups excluding carboxylic acids is 3. The zero-order chi connectivity index (χ0) is 23.4. The Hall–Kier alpha value is -3.63. The van der Waals surface area contributed by atoms with Gasteiger partial charge in [0.25, 0.3) is 11.8 Å². The minimum absolute atomic E-state index is 0.0718. The van der Waals surface area contributed by atoms with Gasteiger partial charge in [0.2, 0.25) is 0 Å². The molecule has 1 aromatic heterocycles. The number of amides is 2. The third-order valence-electron chi connectivity index (χ3n) is 4.96. The first-order chi connectivity index (χ1) is 15.3. The molecule has 1 aliphatic rings. The van der Waals surface area contributed by atoms with Crippen molar-refractivity contribution in [3.05, 3.63) is 63.4 Å². The molecule has 0 N–H and O–H groups in total. The molecule has 2 amide bonds. The lowest BCUT2D eigenvalue weighted by atomic mass is 9.95. The summed E-state index contributed by atoms with van der Waals surface area (Å²) >= 11 is 6.15. The molecule has 8 heteroatoms. The number of benzene rings is 1. The second kappa shape index (κ2) is 9.67. The fourth-order valence-corrected chi connectivity index (χ4v) is 3.45. The quantitative estimate of drug-likeness (QED) is 0.355. The minimum atomic E-state index is -0.599.